The summed E-state index contributed by atoms with van der Waals surface area (Å²) in [6, 6.07) is 7.14. The van der Waals surface area contributed by atoms with Gasteiger partial charge < -0.3 is 14.8 Å². The number of anilines is 1. The Bertz CT molecular complexity index is 562. The smallest absolute Gasteiger partial charge is 0.256 e. The summed E-state index contributed by atoms with van der Waals surface area (Å²) in [4.78, 5) is 12.2. The van der Waals surface area contributed by atoms with Crippen LogP contribution in [0.1, 0.15) is 46.6 Å². The van der Waals surface area contributed by atoms with Gasteiger partial charge in [0, 0.05) is 12.7 Å². The van der Waals surface area contributed by atoms with Crippen LogP contribution in [0.2, 0.25) is 0 Å². The largest absolute Gasteiger partial charge is 0.491 e. The van der Waals surface area contributed by atoms with Gasteiger partial charge in [0.1, 0.15) is 17.4 Å². The molecule has 0 unspecified atom stereocenters. The molecule has 0 aliphatic rings. The van der Waals surface area contributed by atoms with E-state index in [4.69, 9.17) is 9.47 Å². The van der Waals surface area contributed by atoms with Gasteiger partial charge in [-0.25, -0.2) is 0 Å². The maximum Gasteiger partial charge on any atom is 0.256 e. The van der Waals surface area contributed by atoms with E-state index < -0.39 is 5.60 Å². The third kappa shape index (κ3) is 4.74. The maximum absolute atomic E-state index is 12.2. The van der Waals surface area contributed by atoms with Crippen molar-refractivity contribution in [3.8, 4) is 11.8 Å². The van der Waals surface area contributed by atoms with Crippen molar-refractivity contribution < 1.29 is 14.3 Å². The molecule has 1 aromatic carbocycles. The van der Waals surface area contributed by atoms with Gasteiger partial charge in [0.05, 0.1) is 17.4 Å². The second kappa shape index (κ2) is 7.81. The number of nitriles is 1. The van der Waals surface area contributed by atoms with E-state index in [0.29, 0.717) is 23.6 Å². The van der Waals surface area contributed by atoms with Crippen molar-refractivity contribution in [2.75, 3.05) is 11.9 Å². The summed E-state index contributed by atoms with van der Waals surface area (Å²) in [7, 11) is 0. The van der Waals surface area contributed by atoms with Gasteiger partial charge >= 0.3 is 0 Å². The molecular weight excluding hydrogens is 280 g/mol. The topological polar surface area (TPSA) is 71.3 Å². The molecule has 5 nitrogen and oxygen atoms in total. The average Bonchev–Trinajstić information content (AvgIpc) is 2.48. The predicted molar refractivity (Wildman–Crippen MR) is 85.9 cm³/mol. The van der Waals surface area contributed by atoms with E-state index in [0.717, 1.165) is 6.42 Å². The van der Waals surface area contributed by atoms with Gasteiger partial charge in [0.15, 0.2) is 0 Å². The Kier molecular flexibility index (Phi) is 6.39. The van der Waals surface area contributed by atoms with Crippen LogP contribution < -0.4 is 10.1 Å². The molecule has 1 amide bonds. The van der Waals surface area contributed by atoms with Gasteiger partial charge in [-0.1, -0.05) is 6.92 Å². The number of nitrogens with zero attached hydrogens (tertiary/aromatic N) is 1. The minimum absolute atomic E-state index is 0.0730. The highest BCUT2D eigenvalue weighted by Gasteiger charge is 2.28. The first kappa shape index (κ1) is 18.0. The Morgan fingerprint density at radius 2 is 2.09 bits per heavy atom. The van der Waals surface area contributed by atoms with E-state index in [1.165, 1.54) is 0 Å². The van der Waals surface area contributed by atoms with Gasteiger partial charge in [0.25, 0.3) is 5.91 Å². The number of ether oxygens (including phenoxy) is 2. The fourth-order valence-corrected chi connectivity index (χ4v) is 1.81. The fourth-order valence-electron chi connectivity index (χ4n) is 1.81. The van der Waals surface area contributed by atoms with Gasteiger partial charge in [-0.05, 0) is 46.2 Å². The van der Waals surface area contributed by atoms with Crippen molar-refractivity contribution in [3.63, 3.8) is 0 Å². The number of nitrogens with one attached hydrogen (secondary N) is 1. The van der Waals surface area contributed by atoms with Crippen molar-refractivity contribution in [3.05, 3.63) is 23.8 Å². The molecule has 1 aromatic rings. The number of carbonyl (C=O) groups is 1. The summed E-state index contributed by atoms with van der Waals surface area (Å²) in [6.45, 7) is 9.65. The molecule has 0 bridgehead atoms. The zero-order chi connectivity index (χ0) is 16.8. The van der Waals surface area contributed by atoms with E-state index in [1.54, 1.807) is 32.0 Å². The monoisotopic (exact) mass is 304 g/mol. The lowest BCUT2D eigenvalue weighted by Gasteiger charge is -2.23. The Morgan fingerprint density at radius 3 is 2.64 bits per heavy atom. The number of hydrogen-bond acceptors (Lipinski definition) is 4. The van der Waals surface area contributed by atoms with Crippen LogP contribution in [0.4, 0.5) is 5.69 Å². The molecule has 1 N–H and O–H groups in total. The Hall–Kier alpha value is -2.06. The molecule has 0 aliphatic carbocycles. The summed E-state index contributed by atoms with van der Waals surface area (Å²) in [5.74, 6) is 0.328. The van der Waals surface area contributed by atoms with Gasteiger partial charge in [-0.3, -0.25) is 4.79 Å². The molecule has 0 aliphatic heterocycles. The molecular formula is C17H24N2O3. The van der Waals surface area contributed by atoms with Crippen molar-refractivity contribution in [2.24, 2.45) is 0 Å². The van der Waals surface area contributed by atoms with Crippen molar-refractivity contribution in [2.45, 2.75) is 52.7 Å². The number of rotatable bonds is 7. The third-order valence-electron chi connectivity index (χ3n) is 3.32. The van der Waals surface area contributed by atoms with E-state index in [9.17, 15) is 10.1 Å². The molecule has 0 aromatic heterocycles. The van der Waals surface area contributed by atoms with Crippen LogP contribution in [0.5, 0.6) is 5.75 Å². The first-order chi connectivity index (χ1) is 10.3. The van der Waals surface area contributed by atoms with Crippen molar-refractivity contribution in [1.29, 1.82) is 5.26 Å². The molecule has 0 saturated carbocycles. The van der Waals surface area contributed by atoms with E-state index in [1.807, 2.05) is 20.8 Å². The zero-order valence-corrected chi connectivity index (χ0v) is 13.9. The van der Waals surface area contributed by atoms with Crippen LogP contribution in [-0.2, 0) is 9.53 Å². The molecule has 0 fully saturated rings. The molecule has 0 heterocycles. The number of amides is 1. The molecule has 0 radical (unpaired) electrons. The van der Waals surface area contributed by atoms with Crippen LogP contribution in [0, 0.1) is 11.3 Å². The lowest BCUT2D eigenvalue weighted by molar-refractivity contribution is -0.136. The maximum atomic E-state index is 12.2. The zero-order valence-electron chi connectivity index (χ0n) is 13.9. The summed E-state index contributed by atoms with van der Waals surface area (Å²) in [5.41, 5.74) is -0.133. The molecule has 5 heteroatoms. The van der Waals surface area contributed by atoms with E-state index >= 15 is 0 Å². The van der Waals surface area contributed by atoms with Gasteiger partial charge in [-0.2, -0.15) is 5.26 Å². The summed E-state index contributed by atoms with van der Waals surface area (Å²) >= 11 is 0. The average molecular weight is 304 g/mol. The Balaban J connectivity index is 2.92. The van der Waals surface area contributed by atoms with Crippen LogP contribution in [0.25, 0.3) is 0 Å². The SMILES string of the molecule is CCOC(C)(C)C(=O)Nc1ccc(O[C@@H](C)CC)cc1C#N. The van der Waals surface area contributed by atoms with Crippen LogP contribution in [0.15, 0.2) is 18.2 Å². The standard InChI is InChI=1S/C17H24N2O3/c1-6-12(3)22-14-8-9-15(13(10-14)11-18)19-16(20)17(4,5)21-7-2/h8-10,12H,6-7H2,1-5H3,(H,19,20)/t12-/m0/s1. The minimum Gasteiger partial charge on any atom is -0.491 e. The van der Waals surface area contributed by atoms with Crippen LogP contribution in [0.3, 0.4) is 0 Å². The predicted octanol–water partition coefficient (Wildman–Crippen LogP) is 3.49. The number of benzene rings is 1. The first-order valence-corrected chi connectivity index (χ1v) is 7.50. The Labute approximate surface area is 132 Å². The third-order valence-corrected chi connectivity index (χ3v) is 3.32. The van der Waals surface area contributed by atoms with E-state index in [2.05, 4.69) is 11.4 Å². The highest BCUT2D eigenvalue weighted by molar-refractivity contribution is 5.97. The summed E-state index contributed by atoms with van der Waals surface area (Å²) in [5, 5.41) is 12.0. The lowest BCUT2D eigenvalue weighted by Crippen LogP contribution is -2.40. The fraction of sp³-hybridized carbons (Fsp3) is 0.529. The molecule has 1 atom stereocenters. The molecule has 1 rings (SSSR count). The highest BCUT2D eigenvalue weighted by atomic mass is 16.5. The molecule has 0 spiro atoms. The second-order valence-electron chi connectivity index (χ2n) is 5.55. The summed E-state index contributed by atoms with van der Waals surface area (Å²) in [6.07, 6.45) is 0.951. The van der Waals surface area contributed by atoms with Crippen LogP contribution >= 0.6 is 0 Å². The summed E-state index contributed by atoms with van der Waals surface area (Å²) < 4.78 is 11.1. The lowest BCUT2D eigenvalue weighted by atomic mass is 10.1. The van der Waals surface area contributed by atoms with Crippen molar-refractivity contribution in [1.82, 2.24) is 0 Å². The molecule has 0 saturated heterocycles. The van der Waals surface area contributed by atoms with Gasteiger partial charge in [0.2, 0.25) is 0 Å². The number of hydrogen-bond donors (Lipinski definition) is 1. The second-order valence-corrected chi connectivity index (χ2v) is 5.55. The van der Waals surface area contributed by atoms with Gasteiger partial charge in [-0.15, -0.1) is 0 Å². The van der Waals surface area contributed by atoms with Crippen molar-refractivity contribution >= 4 is 11.6 Å². The highest BCUT2D eigenvalue weighted by Crippen LogP contribution is 2.24. The first-order valence-electron chi connectivity index (χ1n) is 7.50. The molecule has 22 heavy (non-hydrogen) atoms. The minimum atomic E-state index is -0.951. The Morgan fingerprint density at radius 1 is 1.41 bits per heavy atom. The van der Waals surface area contributed by atoms with Crippen LogP contribution in [-0.4, -0.2) is 24.2 Å². The molecule has 120 valence electrons. The van der Waals surface area contributed by atoms with E-state index in [-0.39, 0.29) is 12.0 Å². The normalized spacial score (nSPS) is 12.4. The quantitative estimate of drug-likeness (QED) is 0.837. The number of carbonyl (C=O) groups excluding carboxylic acids is 1.